The van der Waals surface area contributed by atoms with E-state index in [-0.39, 0.29) is 17.4 Å². The molecule has 7 heteroatoms. The minimum absolute atomic E-state index is 0.229. The average Bonchev–Trinajstić information content (AvgIpc) is 2.16. The maximum atomic E-state index is 11.6. The zero-order valence-electron chi connectivity index (χ0n) is 8.05. The Hall–Kier alpha value is -1.14. The SMILES string of the molecule is Nc1ccc(Cl)c(OCCOC(F)(F)F)c1. The molecule has 0 spiro atoms. The van der Waals surface area contributed by atoms with Gasteiger partial charge in [-0.05, 0) is 12.1 Å². The molecule has 0 radical (unpaired) electrons. The summed E-state index contributed by atoms with van der Waals surface area (Å²) in [5.74, 6) is 0.229. The van der Waals surface area contributed by atoms with Gasteiger partial charge in [0.05, 0.1) is 11.6 Å². The molecule has 0 heterocycles. The molecule has 0 aliphatic rings. The van der Waals surface area contributed by atoms with Gasteiger partial charge in [0.2, 0.25) is 0 Å². The first-order valence-electron chi connectivity index (χ1n) is 4.27. The monoisotopic (exact) mass is 255 g/mol. The van der Waals surface area contributed by atoms with Crippen LogP contribution in [-0.4, -0.2) is 19.6 Å². The Kier molecular flexibility index (Phi) is 4.26. The first kappa shape index (κ1) is 12.9. The van der Waals surface area contributed by atoms with E-state index < -0.39 is 13.0 Å². The van der Waals surface area contributed by atoms with Gasteiger partial charge in [-0.15, -0.1) is 13.2 Å². The summed E-state index contributed by atoms with van der Waals surface area (Å²) >= 11 is 5.72. The van der Waals surface area contributed by atoms with Crippen LogP contribution < -0.4 is 10.5 Å². The normalized spacial score (nSPS) is 11.5. The maximum absolute atomic E-state index is 11.6. The van der Waals surface area contributed by atoms with Crippen LogP contribution in [0, 0.1) is 0 Å². The van der Waals surface area contributed by atoms with E-state index in [1.807, 2.05) is 0 Å². The molecule has 0 aliphatic heterocycles. The summed E-state index contributed by atoms with van der Waals surface area (Å²) in [6, 6.07) is 4.48. The lowest BCUT2D eigenvalue weighted by Gasteiger charge is -2.10. The second-order valence-electron chi connectivity index (χ2n) is 2.83. The molecular formula is C9H9ClF3NO2. The molecule has 0 unspecified atom stereocenters. The van der Waals surface area contributed by atoms with Crippen molar-refractivity contribution in [2.24, 2.45) is 0 Å². The van der Waals surface area contributed by atoms with Crippen LogP contribution >= 0.6 is 11.6 Å². The number of hydrogen-bond acceptors (Lipinski definition) is 3. The van der Waals surface area contributed by atoms with E-state index >= 15 is 0 Å². The van der Waals surface area contributed by atoms with Crippen molar-refractivity contribution in [3.63, 3.8) is 0 Å². The van der Waals surface area contributed by atoms with Crippen molar-refractivity contribution in [3.8, 4) is 5.75 Å². The van der Waals surface area contributed by atoms with Crippen LogP contribution in [0.5, 0.6) is 5.75 Å². The van der Waals surface area contributed by atoms with Crippen molar-refractivity contribution in [2.45, 2.75) is 6.36 Å². The van der Waals surface area contributed by atoms with Crippen LogP contribution in [-0.2, 0) is 4.74 Å². The van der Waals surface area contributed by atoms with E-state index in [0.717, 1.165) is 0 Å². The molecule has 0 amide bonds. The lowest BCUT2D eigenvalue weighted by Crippen LogP contribution is -2.18. The van der Waals surface area contributed by atoms with Gasteiger partial charge in [-0.1, -0.05) is 11.6 Å². The Morgan fingerprint density at radius 2 is 1.94 bits per heavy atom. The predicted octanol–water partition coefficient (Wildman–Crippen LogP) is 2.84. The van der Waals surface area contributed by atoms with Crippen LogP contribution in [0.15, 0.2) is 18.2 Å². The largest absolute Gasteiger partial charge is 0.522 e. The third-order valence-corrected chi connectivity index (χ3v) is 1.87. The Balaban J connectivity index is 2.40. The van der Waals surface area contributed by atoms with Crippen molar-refractivity contribution in [3.05, 3.63) is 23.2 Å². The molecular weight excluding hydrogens is 247 g/mol. The molecule has 90 valence electrons. The van der Waals surface area contributed by atoms with Gasteiger partial charge in [0.1, 0.15) is 12.4 Å². The highest BCUT2D eigenvalue weighted by atomic mass is 35.5. The number of rotatable bonds is 4. The standard InChI is InChI=1S/C9H9ClF3NO2/c10-7-2-1-6(14)5-8(7)15-3-4-16-9(11,12)13/h1-2,5H,3-4,14H2. The number of halogens is 4. The molecule has 0 bridgehead atoms. The molecule has 2 N–H and O–H groups in total. The summed E-state index contributed by atoms with van der Waals surface area (Å²) in [6.07, 6.45) is -4.65. The van der Waals surface area contributed by atoms with Gasteiger partial charge in [-0.3, -0.25) is 4.74 Å². The van der Waals surface area contributed by atoms with E-state index in [4.69, 9.17) is 22.1 Å². The molecule has 0 aromatic heterocycles. The number of ether oxygens (including phenoxy) is 2. The average molecular weight is 256 g/mol. The molecule has 0 saturated heterocycles. The van der Waals surface area contributed by atoms with E-state index in [1.54, 1.807) is 6.07 Å². The van der Waals surface area contributed by atoms with Crippen LogP contribution in [0.1, 0.15) is 0 Å². The number of anilines is 1. The van der Waals surface area contributed by atoms with Gasteiger partial charge in [0.15, 0.2) is 0 Å². The van der Waals surface area contributed by atoms with E-state index in [2.05, 4.69) is 4.74 Å². The van der Waals surface area contributed by atoms with E-state index in [0.29, 0.717) is 5.69 Å². The second kappa shape index (κ2) is 5.27. The van der Waals surface area contributed by atoms with Gasteiger partial charge < -0.3 is 10.5 Å². The first-order chi connectivity index (χ1) is 7.38. The van der Waals surface area contributed by atoms with E-state index in [1.165, 1.54) is 12.1 Å². The minimum Gasteiger partial charge on any atom is -0.490 e. The fourth-order valence-corrected chi connectivity index (χ4v) is 1.11. The number of hydrogen-bond donors (Lipinski definition) is 1. The fourth-order valence-electron chi connectivity index (χ4n) is 0.940. The summed E-state index contributed by atoms with van der Waals surface area (Å²) in [5, 5.41) is 0.279. The van der Waals surface area contributed by atoms with Gasteiger partial charge in [-0.25, -0.2) is 0 Å². The van der Waals surface area contributed by atoms with Crippen molar-refractivity contribution in [2.75, 3.05) is 18.9 Å². The van der Waals surface area contributed by atoms with Gasteiger partial charge >= 0.3 is 6.36 Å². The molecule has 0 atom stereocenters. The van der Waals surface area contributed by atoms with Crippen LogP contribution in [0.2, 0.25) is 5.02 Å². The Morgan fingerprint density at radius 1 is 1.25 bits per heavy atom. The van der Waals surface area contributed by atoms with Crippen molar-refractivity contribution in [1.29, 1.82) is 0 Å². The van der Waals surface area contributed by atoms with Crippen LogP contribution in [0.4, 0.5) is 18.9 Å². The van der Waals surface area contributed by atoms with E-state index in [9.17, 15) is 13.2 Å². The summed E-state index contributed by atoms with van der Waals surface area (Å²) in [4.78, 5) is 0. The molecule has 0 aliphatic carbocycles. The summed E-state index contributed by atoms with van der Waals surface area (Å²) in [7, 11) is 0. The Morgan fingerprint density at radius 3 is 2.56 bits per heavy atom. The molecule has 16 heavy (non-hydrogen) atoms. The van der Waals surface area contributed by atoms with Crippen molar-refractivity contribution in [1.82, 2.24) is 0 Å². The Bertz CT molecular complexity index is 357. The van der Waals surface area contributed by atoms with Gasteiger partial charge in [0, 0.05) is 11.8 Å². The van der Waals surface area contributed by atoms with Crippen molar-refractivity contribution < 1.29 is 22.6 Å². The lowest BCUT2D eigenvalue weighted by atomic mass is 10.3. The number of nitrogens with two attached hydrogens (primary N) is 1. The highest BCUT2D eigenvalue weighted by Crippen LogP contribution is 2.26. The molecule has 1 aromatic carbocycles. The summed E-state index contributed by atoms with van der Waals surface area (Å²) in [5.41, 5.74) is 5.86. The van der Waals surface area contributed by atoms with Crippen molar-refractivity contribution >= 4 is 17.3 Å². The lowest BCUT2D eigenvalue weighted by molar-refractivity contribution is -0.325. The smallest absolute Gasteiger partial charge is 0.490 e. The third kappa shape index (κ3) is 4.59. The molecule has 1 aromatic rings. The second-order valence-corrected chi connectivity index (χ2v) is 3.24. The zero-order valence-corrected chi connectivity index (χ0v) is 8.81. The Labute approximate surface area is 94.9 Å². The topological polar surface area (TPSA) is 44.5 Å². The zero-order chi connectivity index (χ0) is 12.2. The summed E-state index contributed by atoms with van der Waals surface area (Å²) in [6.45, 7) is -0.864. The molecule has 1 rings (SSSR count). The quantitative estimate of drug-likeness (QED) is 0.665. The van der Waals surface area contributed by atoms with Crippen LogP contribution in [0.3, 0.4) is 0 Å². The predicted molar refractivity (Wildman–Crippen MR) is 53.4 cm³/mol. The highest BCUT2D eigenvalue weighted by Gasteiger charge is 2.28. The third-order valence-electron chi connectivity index (χ3n) is 1.56. The summed E-state index contributed by atoms with van der Waals surface area (Å²) < 4.78 is 43.3. The minimum atomic E-state index is -4.65. The highest BCUT2D eigenvalue weighted by molar-refractivity contribution is 6.32. The number of alkyl halides is 3. The number of nitrogen functional groups attached to an aromatic ring is 1. The van der Waals surface area contributed by atoms with Crippen LogP contribution in [0.25, 0.3) is 0 Å². The number of benzene rings is 1. The molecule has 3 nitrogen and oxygen atoms in total. The van der Waals surface area contributed by atoms with Gasteiger partial charge in [0.25, 0.3) is 0 Å². The fraction of sp³-hybridized carbons (Fsp3) is 0.333. The first-order valence-corrected chi connectivity index (χ1v) is 4.65. The molecule has 0 saturated carbocycles. The molecule has 0 fully saturated rings. The van der Waals surface area contributed by atoms with Gasteiger partial charge in [-0.2, -0.15) is 0 Å². The maximum Gasteiger partial charge on any atom is 0.522 e.